The van der Waals surface area contributed by atoms with Crippen LogP contribution in [0.1, 0.15) is 19.8 Å². The van der Waals surface area contributed by atoms with Crippen molar-refractivity contribution >= 4 is 17.5 Å². The largest absolute Gasteiger partial charge is 0.334 e. The fraction of sp³-hybridized carbons (Fsp3) is 0.429. The van der Waals surface area contributed by atoms with Crippen LogP contribution in [0.25, 0.3) is 0 Å². The van der Waals surface area contributed by atoms with E-state index in [1.54, 1.807) is 0 Å². The van der Waals surface area contributed by atoms with Crippen molar-refractivity contribution in [2.24, 2.45) is 5.92 Å². The quantitative estimate of drug-likeness (QED) is 0.802. The minimum absolute atomic E-state index is 0.199. The third-order valence-corrected chi connectivity index (χ3v) is 3.44. The van der Waals surface area contributed by atoms with E-state index < -0.39 is 23.4 Å². The average Bonchev–Trinajstić information content (AvgIpc) is 2.42. The van der Waals surface area contributed by atoms with Crippen LogP contribution in [-0.4, -0.2) is 29.8 Å². The third-order valence-electron chi connectivity index (χ3n) is 3.44. The van der Waals surface area contributed by atoms with E-state index in [1.165, 1.54) is 4.90 Å². The van der Waals surface area contributed by atoms with Gasteiger partial charge in [0.15, 0.2) is 0 Å². The van der Waals surface area contributed by atoms with Crippen molar-refractivity contribution in [1.82, 2.24) is 4.90 Å². The molecule has 1 fully saturated rings. The van der Waals surface area contributed by atoms with Crippen molar-refractivity contribution in [2.45, 2.75) is 19.8 Å². The summed E-state index contributed by atoms with van der Waals surface area (Å²) < 4.78 is 26.1. The molecule has 0 spiro atoms. The molecule has 0 atom stereocenters. The highest BCUT2D eigenvalue weighted by Crippen LogP contribution is 2.18. The molecule has 1 heterocycles. The molecule has 20 heavy (non-hydrogen) atoms. The monoisotopic (exact) mass is 282 g/mol. The Hall–Kier alpha value is -1.98. The van der Waals surface area contributed by atoms with Crippen molar-refractivity contribution in [1.29, 1.82) is 0 Å². The molecule has 4 nitrogen and oxygen atoms in total. The summed E-state index contributed by atoms with van der Waals surface area (Å²) in [5, 5.41) is 2.17. The maximum atomic E-state index is 13.4. The molecule has 1 aromatic carbocycles. The number of carbonyl (C=O) groups is 2. The van der Waals surface area contributed by atoms with Gasteiger partial charge in [0, 0.05) is 19.2 Å². The second-order valence-electron chi connectivity index (χ2n) is 5.05. The maximum absolute atomic E-state index is 13.4. The predicted molar refractivity (Wildman–Crippen MR) is 70.0 cm³/mol. The third kappa shape index (κ3) is 3.31. The van der Waals surface area contributed by atoms with Gasteiger partial charge in [-0.15, -0.1) is 0 Å². The second kappa shape index (κ2) is 5.98. The van der Waals surface area contributed by atoms with Gasteiger partial charge in [-0.05, 0) is 30.9 Å². The lowest BCUT2D eigenvalue weighted by Crippen LogP contribution is -2.43. The number of amides is 2. The molecular formula is C14H16F2N2O2. The summed E-state index contributed by atoms with van der Waals surface area (Å²) in [6.07, 6.45) is 1.70. The molecule has 0 bridgehead atoms. The van der Waals surface area contributed by atoms with E-state index in [2.05, 4.69) is 12.2 Å². The van der Waals surface area contributed by atoms with Crippen molar-refractivity contribution in [3.63, 3.8) is 0 Å². The maximum Gasteiger partial charge on any atom is 0.313 e. The summed E-state index contributed by atoms with van der Waals surface area (Å²) in [7, 11) is 0. The van der Waals surface area contributed by atoms with E-state index in [1.807, 2.05) is 0 Å². The summed E-state index contributed by atoms with van der Waals surface area (Å²) in [5.41, 5.74) is -0.199. The normalized spacial score (nSPS) is 16.1. The number of nitrogens with zero attached hydrogens (tertiary/aromatic N) is 1. The highest BCUT2D eigenvalue weighted by molar-refractivity contribution is 6.39. The van der Waals surface area contributed by atoms with Gasteiger partial charge in [-0.2, -0.15) is 0 Å². The van der Waals surface area contributed by atoms with Crippen LogP contribution in [0.3, 0.4) is 0 Å². The minimum atomic E-state index is -0.904. The number of hydrogen-bond acceptors (Lipinski definition) is 2. The summed E-state index contributed by atoms with van der Waals surface area (Å²) in [5.74, 6) is -2.68. The molecule has 108 valence electrons. The Morgan fingerprint density at radius 2 is 1.90 bits per heavy atom. The fourth-order valence-corrected chi connectivity index (χ4v) is 2.12. The van der Waals surface area contributed by atoms with Gasteiger partial charge in [0.2, 0.25) is 0 Å². The van der Waals surface area contributed by atoms with Crippen molar-refractivity contribution in [2.75, 3.05) is 18.4 Å². The summed E-state index contributed by atoms with van der Waals surface area (Å²) in [4.78, 5) is 25.1. The highest BCUT2D eigenvalue weighted by Gasteiger charge is 2.26. The number of halogens is 2. The number of hydrogen-bond donors (Lipinski definition) is 1. The van der Waals surface area contributed by atoms with Crippen LogP contribution >= 0.6 is 0 Å². The topological polar surface area (TPSA) is 49.4 Å². The van der Waals surface area contributed by atoms with E-state index in [-0.39, 0.29) is 5.69 Å². The smallest absolute Gasteiger partial charge is 0.313 e. The molecule has 1 saturated heterocycles. The molecule has 0 saturated carbocycles. The number of likely N-dealkylation sites (tertiary alicyclic amines) is 1. The van der Waals surface area contributed by atoms with Crippen LogP contribution in [0, 0.1) is 17.6 Å². The molecule has 2 amide bonds. The number of nitrogens with one attached hydrogen (secondary N) is 1. The van der Waals surface area contributed by atoms with E-state index >= 15 is 0 Å². The van der Waals surface area contributed by atoms with Gasteiger partial charge < -0.3 is 10.2 Å². The van der Waals surface area contributed by atoms with E-state index in [4.69, 9.17) is 0 Å². The highest BCUT2D eigenvalue weighted by atomic mass is 19.1. The summed E-state index contributed by atoms with van der Waals surface area (Å²) >= 11 is 0. The van der Waals surface area contributed by atoms with Crippen LogP contribution in [0.2, 0.25) is 0 Å². The zero-order valence-electron chi connectivity index (χ0n) is 11.2. The first-order chi connectivity index (χ1) is 9.47. The lowest BCUT2D eigenvalue weighted by Gasteiger charge is -2.29. The van der Waals surface area contributed by atoms with Gasteiger partial charge >= 0.3 is 11.8 Å². The standard InChI is InChI=1S/C14H16F2N2O2/c1-9-4-6-18(7-5-9)14(20)13(19)17-12-3-2-10(15)8-11(12)16/h2-3,8-9H,4-7H2,1H3,(H,17,19). The second-order valence-corrected chi connectivity index (χ2v) is 5.05. The lowest BCUT2D eigenvalue weighted by molar-refractivity contribution is -0.144. The average molecular weight is 282 g/mol. The molecule has 0 unspecified atom stereocenters. The van der Waals surface area contributed by atoms with Gasteiger partial charge in [0.25, 0.3) is 0 Å². The number of anilines is 1. The van der Waals surface area contributed by atoms with E-state index in [0.717, 1.165) is 25.0 Å². The van der Waals surface area contributed by atoms with Crippen LogP contribution < -0.4 is 5.32 Å². The molecule has 1 N–H and O–H groups in total. The molecule has 6 heteroatoms. The first kappa shape index (κ1) is 14.4. The molecule has 0 aliphatic carbocycles. The Balaban J connectivity index is 1.99. The SMILES string of the molecule is CC1CCN(C(=O)C(=O)Nc2ccc(F)cc2F)CC1. The van der Waals surface area contributed by atoms with Crippen molar-refractivity contribution in [3.8, 4) is 0 Å². The molecular weight excluding hydrogens is 266 g/mol. The molecule has 0 radical (unpaired) electrons. The summed E-state index contributed by atoms with van der Waals surface area (Å²) in [6.45, 7) is 3.15. The molecule has 2 rings (SSSR count). The van der Waals surface area contributed by atoms with Gasteiger partial charge in [-0.3, -0.25) is 9.59 Å². The first-order valence-corrected chi connectivity index (χ1v) is 6.52. The molecule has 1 aromatic rings. The van der Waals surface area contributed by atoms with Crippen molar-refractivity contribution in [3.05, 3.63) is 29.8 Å². The van der Waals surface area contributed by atoms with E-state index in [9.17, 15) is 18.4 Å². The zero-order valence-corrected chi connectivity index (χ0v) is 11.2. The number of benzene rings is 1. The Labute approximate surface area is 115 Å². The molecule has 1 aliphatic rings. The fourth-order valence-electron chi connectivity index (χ4n) is 2.12. The zero-order chi connectivity index (χ0) is 14.7. The lowest BCUT2D eigenvalue weighted by atomic mass is 9.99. The Bertz CT molecular complexity index is 526. The van der Waals surface area contributed by atoms with E-state index in [0.29, 0.717) is 25.1 Å². The number of piperidine rings is 1. The Morgan fingerprint density at radius 1 is 1.25 bits per heavy atom. The molecule has 0 aromatic heterocycles. The first-order valence-electron chi connectivity index (χ1n) is 6.52. The van der Waals surface area contributed by atoms with Gasteiger partial charge in [0.1, 0.15) is 11.6 Å². The number of rotatable bonds is 1. The van der Waals surface area contributed by atoms with Gasteiger partial charge in [0.05, 0.1) is 5.69 Å². The van der Waals surface area contributed by atoms with Crippen LogP contribution in [0.5, 0.6) is 0 Å². The van der Waals surface area contributed by atoms with Gasteiger partial charge in [-0.1, -0.05) is 6.92 Å². The van der Waals surface area contributed by atoms with Gasteiger partial charge in [-0.25, -0.2) is 8.78 Å². The predicted octanol–water partition coefficient (Wildman–Crippen LogP) is 2.16. The Kier molecular flexibility index (Phi) is 4.32. The minimum Gasteiger partial charge on any atom is -0.334 e. The Morgan fingerprint density at radius 3 is 2.50 bits per heavy atom. The molecule has 1 aliphatic heterocycles. The van der Waals surface area contributed by atoms with Crippen LogP contribution in [0.4, 0.5) is 14.5 Å². The summed E-state index contributed by atoms with van der Waals surface area (Å²) in [6, 6.07) is 2.77. The van der Waals surface area contributed by atoms with Crippen LogP contribution in [-0.2, 0) is 9.59 Å². The van der Waals surface area contributed by atoms with Crippen LogP contribution in [0.15, 0.2) is 18.2 Å². The van der Waals surface area contributed by atoms with Crippen molar-refractivity contribution < 1.29 is 18.4 Å². The number of carbonyl (C=O) groups excluding carboxylic acids is 2.